The molecule has 0 fully saturated rings. The van der Waals surface area contributed by atoms with Gasteiger partial charge >= 0.3 is 17.9 Å². The Labute approximate surface area is 141 Å². The first-order valence-electron chi connectivity index (χ1n) is 7.86. The van der Waals surface area contributed by atoms with Crippen molar-refractivity contribution in [2.45, 2.75) is 58.7 Å². The van der Waals surface area contributed by atoms with Gasteiger partial charge in [0.05, 0.1) is 30.9 Å². The summed E-state index contributed by atoms with van der Waals surface area (Å²) in [7, 11) is 0. The van der Waals surface area contributed by atoms with Crippen molar-refractivity contribution in [2.75, 3.05) is 13.2 Å². The average molecular weight is 343 g/mol. The van der Waals surface area contributed by atoms with Crippen LogP contribution in [0.4, 0.5) is 0 Å². The maximum Gasteiger partial charge on any atom is 0.308 e. The van der Waals surface area contributed by atoms with Gasteiger partial charge < -0.3 is 19.3 Å². The summed E-state index contributed by atoms with van der Waals surface area (Å²) in [4.78, 5) is 34.5. The third-order valence-electron chi connectivity index (χ3n) is 2.77. The number of carbonyl (C=O) groups is 3. The normalized spacial score (nSPS) is 14.0. The van der Waals surface area contributed by atoms with Crippen LogP contribution < -0.4 is 0 Å². The van der Waals surface area contributed by atoms with E-state index in [9.17, 15) is 14.4 Å². The molecule has 0 aliphatic heterocycles. The highest BCUT2D eigenvalue weighted by atomic mass is 16.6. The van der Waals surface area contributed by atoms with E-state index in [1.54, 1.807) is 6.92 Å². The zero-order valence-corrected chi connectivity index (χ0v) is 14.3. The summed E-state index contributed by atoms with van der Waals surface area (Å²) in [6.07, 6.45) is -1.29. The molecule has 1 N–H and O–H groups in total. The molecule has 1 unspecified atom stereocenters. The minimum Gasteiger partial charge on any atom is -0.462 e. The second-order valence-corrected chi connectivity index (χ2v) is 5.52. The number of rotatable bonds is 11. The smallest absolute Gasteiger partial charge is 0.308 e. The lowest BCUT2D eigenvalue weighted by Crippen LogP contribution is -2.31. The zero-order chi connectivity index (χ0) is 18.5. The molecule has 0 amide bonds. The van der Waals surface area contributed by atoms with E-state index in [-0.39, 0.29) is 32.5 Å². The molecule has 0 rings (SSSR count). The lowest BCUT2D eigenvalue weighted by Gasteiger charge is -2.18. The summed E-state index contributed by atoms with van der Waals surface area (Å²) in [6.45, 7) is 4.29. The largest absolute Gasteiger partial charge is 0.462 e. The first-order valence-corrected chi connectivity index (χ1v) is 7.86. The Hall–Kier alpha value is -2.14. The molecular weight excluding hydrogens is 318 g/mol. The standard InChI is InChI=1S/C16H25NO7/c1-4-5-14(19)22-9-13(24-16(21)7-12(3)18)10-23-15(20)6-11(2)8-17/h11-13,18H,4-7,9-10H2,1-3H3/t11-,12-,13?/m1/s1. The monoisotopic (exact) mass is 343 g/mol. The molecule has 0 saturated carbocycles. The molecule has 0 saturated heterocycles. The van der Waals surface area contributed by atoms with E-state index >= 15 is 0 Å². The van der Waals surface area contributed by atoms with Crippen molar-refractivity contribution < 1.29 is 33.7 Å². The predicted molar refractivity (Wildman–Crippen MR) is 82.4 cm³/mol. The van der Waals surface area contributed by atoms with E-state index in [0.717, 1.165) is 0 Å². The molecule has 0 aromatic rings. The second kappa shape index (κ2) is 12.3. The number of nitriles is 1. The van der Waals surface area contributed by atoms with Crippen LogP contribution in [0.1, 0.15) is 46.5 Å². The lowest BCUT2D eigenvalue weighted by molar-refractivity contribution is -0.168. The van der Waals surface area contributed by atoms with Crippen LogP contribution in [-0.2, 0) is 28.6 Å². The van der Waals surface area contributed by atoms with Gasteiger partial charge in [-0.3, -0.25) is 14.4 Å². The molecule has 0 aliphatic rings. The molecule has 8 nitrogen and oxygen atoms in total. The number of nitrogens with zero attached hydrogens (tertiary/aromatic N) is 1. The summed E-state index contributed by atoms with van der Waals surface area (Å²) < 4.78 is 15.0. The van der Waals surface area contributed by atoms with Crippen LogP contribution in [-0.4, -0.2) is 48.4 Å². The van der Waals surface area contributed by atoms with Crippen LogP contribution in [0.15, 0.2) is 0 Å². The third kappa shape index (κ3) is 11.4. The third-order valence-corrected chi connectivity index (χ3v) is 2.77. The van der Waals surface area contributed by atoms with Crippen LogP contribution in [0, 0.1) is 17.2 Å². The fraction of sp³-hybridized carbons (Fsp3) is 0.750. The molecule has 8 heteroatoms. The molecule has 24 heavy (non-hydrogen) atoms. The van der Waals surface area contributed by atoms with Gasteiger partial charge in [-0.05, 0) is 20.3 Å². The quantitative estimate of drug-likeness (QED) is 0.437. The van der Waals surface area contributed by atoms with E-state index in [1.807, 2.05) is 13.0 Å². The molecule has 3 atom stereocenters. The number of esters is 3. The highest BCUT2D eigenvalue weighted by Crippen LogP contribution is 2.05. The van der Waals surface area contributed by atoms with Crippen molar-refractivity contribution in [3.05, 3.63) is 0 Å². The highest BCUT2D eigenvalue weighted by Gasteiger charge is 2.20. The molecule has 0 aromatic carbocycles. The SMILES string of the molecule is CCCC(=O)OCC(COC(=O)C[C@@H](C)C#N)OC(=O)C[C@@H](C)O. The Bertz CT molecular complexity index is 456. The number of hydrogen-bond acceptors (Lipinski definition) is 8. The Balaban J connectivity index is 4.50. The van der Waals surface area contributed by atoms with E-state index in [2.05, 4.69) is 0 Å². The summed E-state index contributed by atoms with van der Waals surface area (Å²) in [5.74, 6) is -2.24. The molecule has 136 valence electrons. The van der Waals surface area contributed by atoms with Gasteiger partial charge in [-0.1, -0.05) is 6.92 Å². The Morgan fingerprint density at radius 3 is 2.12 bits per heavy atom. The van der Waals surface area contributed by atoms with Gasteiger partial charge in [-0.2, -0.15) is 5.26 Å². The average Bonchev–Trinajstić information content (AvgIpc) is 2.49. The van der Waals surface area contributed by atoms with Gasteiger partial charge in [0.1, 0.15) is 13.2 Å². The first-order chi connectivity index (χ1) is 11.3. The minimum atomic E-state index is -0.960. The number of carbonyl (C=O) groups excluding carboxylic acids is 3. The first kappa shape index (κ1) is 21.9. The van der Waals surface area contributed by atoms with Gasteiger partial charge in [0, 0.05) is 6.42 Å². The van der Waals surface area contributed by atoms with E-state index in [1.165, 1.54) is 6.92 Å². The highest BCUT2D eigenvalue weighted by molar-refractivity contribution is 5.71. The van der Waals surface area contributed by atoms with Crippen LogP contribution >= 0.6 is 0 Å². The summed E-state index contributed by atoms with van der Waals surface area (Å²) in [6, 6.07) is 1.91. The number of aliphatic hydroxyl groups is 1. The van der Waals surface area contributed by atoms with Crippen molar-refractivity contribution in [3.63, 3.8) is 0 Å². The maximum absolute atomic E-state index is 11.6. The van der Waals surface area contributed by atoms with Crippen LogP contribution in [0.5, 0.6) is 0 Å². The predicted octanol–water partition coefficient (Wildman–Crippen LogP) is 1.11. The minimum absolute atomic E-state index is 0.0829. The van der Waals surface area contributed by atoms with Gasteiger partial charge in [-0.25, -0.2) is 0 Å². The molecule has 0 aliphatic carbocycles. The Morgan fingerprint density at radius 1 is 1.04 bits per heavy atom. The number of hydrogen-bond donors (Lipinski definition) is 1. The molecule has 0 spiro atoms. The van der Waals surface area contributed by atoms with Gasteiger partial charge in [-0.15, -0.1) is 0 Å². The second-order valence-electron chi connectivity index (χ2n) is 5.52. The summed E-state index contributed by atoms with van der Waals surface area (Å²) in [5.41, 5.74) is 0. The topological polar surface area (TPSA) is 123 Å². The molecule has 0 bridgehead atoms. The molecule has 0 aromatic heterocycles. The van der Waals surface area contributed by atoms with Gasteiger partial charge in [0.15, 0.2) is 6.10 Å². The van der Waals surface area contributed by atoms with Crippen LogP contribution in [0.2, 0.25) is 0 Å². The van der Waals surface area contributed by atoms with E-state index in [0.29, 0.717) is 6.42 Å². The molecule has 0 radical (unpaired) electrons. The van der Waals surface area contributed by atoms with Crippen LogP contribution in [0.3, 0.4) is 0 Å². The Kier molecular flexibility index (Phi) is 11.2. The van der Waals surface area contributed by atoms with Crippen LogP contribution in [0.25, 0.3) is 0 Å². The van der Waals surface area contributed by atoms with Crippen molar-refractivity contribution in [1.29, 1.82) is 5.26 Å². The summed E-state index contributed by atoms with van der Waals surface area (Å²) >= 11 is 0. The van der Waals surface area contributed by atoms with E-state index < -0.39 is 36.0 Å². The molecule has 0 heterocycles. The fourth-order valence-corrected chi connectivity index (χ4v) is 1.59. The zero-order valence-electron chi connectivity index (χ0n) is 14.3. The van der Waals surface area contributed by atoms with Crippen molar-refractivity contribution >= 4 is 17.9 Å². The molecular formula is C16H25NO7. The lowest BCUT2D eigenvalue weighted by atomic mass is 10.1. The fourth-order valence-electron chi connectivity index (χ4n) is 1.59. The maximum atomic E-state index is 11.6. The van der Waals surface area contributed by atoms with Crippen molar-refractivity contribution in [1.82, 2.24) is 0 Å². The summed E-state index contributed by atoms with van der Waals surface area (Å²) in [5, 5.41) is 17.8. The number of ether oxygens (including phenoxy) is 3. The van der Waals surface area contributed by atoms with Crippen molar-refractivity contribution in [2.24, 2.45) is 5.92 Å². The Morgan fingerprint density at radius 2 is 1.62 bits per heavy atom. The van der Waals surface area contributed by atoms with Gasteiger partial charge in [0.25, 0.3) is 0 Å². The number of aliphatic hydroxyl groups excluding tert-OH is 1. The van der Waals surface area contributed by atoms with Gasteiger partial charge in [0.2, 0.25) is 0 Å². The van der Waals surface area contributed by atoms with E-state index in [4.69, 9.17) is 24.6 Å². The van der Waals surface area contributed by atoms with Crippen molar-refractivity contribution in [3.8, 4) is 6.07 Å².